The van der Waals surface area contributed by atoms with Gasteiger partial charge in [-0.25, -0.2) is 0 Å². The van der Waals surface area contributed by atoms with Gasteiger partial charge in [0.2, 0.25) is 0 Å². The highest BCUT2D eigenvalue weighted by molar-refractivity contribution is 5.68. The molecule has 0 aromatic rings. The Hall–Kier alpha value is -0.610. The maximum absolute atomic E-state index is 10.1. The van der Waals surface area contributed by atoms with Crippen LogP contribution in [0.3, 0.4) is 0 Å². The van der Waals surface area contributed by atoms with Crippen LogP contribution < -0.4 is 0 Å². The zero-order valence-electron chi connectivity index (χ0n) is 6.33. The summed E-state index contributed by atoms with van der Waals surface area (Å²) in [5.74, 6) is -0.865. The van der Waals surface area contributed by atoms with E-state index in [4.69, 9.17) is 9.94 Å². The first-order valence-electron chi connectivity index (χ1n) is 3.30. The first-order chi connectivity index (χ1) is 4.70. The number of aliphatic carboxylic acids is 1. The normalized spacial score (nSPS) is 10.3. The van der Waals surface area contributed by atoms with Crippen LogP contribution in [0, 0.1) is 0 Å². The van der Waals surface area contributed by atoms with Gasteiger partial charge in [0, 0.05) is 6.54 Å². The molecule has 0 bridgehead atoms. The highest BCUT2D eigenvalue weighted by Gasteiger charge is 2.05. The molecule has 4 nitrogen and oxygen atoms in total. The van der Waals surface area contributed by atoms with Crippen LogP contribution in [0.4, 0.5) is 0 Å². The van der Waals surface area contributed by atoms with E-state index in [1.165, 1.54) is 5.06 Å². The zero-order valence-corrected chi connectivity index (χ0v) is 6.33. The molecule has 0 amide bonds. The second kappa shape index (κ2) is 5.20. The van der Waals surface area contributed by atoms with E-state index in [2.05, 4.69) is 0 Å². The number of carboxylic acids is 1. The number of rotatable bonds is 5. The van der Waals surface area contributed by atoms with E-state index in [0.29, 0.717) is 13.2 Å². The summed E-state index contributed by atoms with van der Waals surface area (Å²) in [6.45, 7) is 4.73. The zero-order chi connectivity index (χ0) is 7.98. The molecular weight excluding hydrogens is 134 g/mol. The van der Waals surface area contributed by atoms with Crippen LogP contribution in [-0.2, 0) is 9.63 Å². The Labute approximate surface area is 60.3 Å². The summed E-state index contributed by atoms with van der Waals surface area (Å²) in [5, 5.41) is 9.73. The molecule has 0 rings (SSSR count). The van der Waals surface area contributed by atoms with Crippen LogP contribution in [0.15, 0.2) is 0 Å². The number of hydrogen-bond donors (Lipinski definition) is 1. The van der Waals surface area contributed by atoms with Crippen molar-refractivity contribution < 1.29 is 14.7 Å². The van der Waals surface area contributed by atoms with Crippen LogP contribution in [-0.4, -0.2) is 35.8 Å². The molecule has 0 aromatic heterocycles. The third-order valence-corrected chi connectivity index (χ3v) is 0.976. The van der Waals surface area contributed by atoms with E-state index in [9.17, 15) is 4.79 Å². The molecule has 1 N–H and O–H groups in total. The molecule has 0 saturated carbocycles. The Kier molecular flexibility index (Phi) is 4.88. The lowest BCUT2D eigenvalue weighted by Gasteiger charge is -2.15. The Morgan fingerprint density at radius 2 is 2.20 bits per heavy atom. The van der Waals surface area contributed by atoms with Crippen molar-refractivity contribution in [1.29, 1.82) is 0 Å². The smallest absolute Gasteiger partial charge is 0.320 e. The monoisotopic (exact) mass is 147 g/mol. The van der Waals surface area contributed by atoms with Gasteiger partial charge < -0.3 is 5.11 Å². The molecule has 0 aliphatic heterocycles. The molecule has 10 heavy (non-hydrogen) atoms. The van der Waals surface area contributed by atoms with Crippen molar-refractivity contribution in [2.45, 2.75) is 13.8 Å². The van der Waals surface area contributed by atoms with Crippen molar-refractivity contribution in [2.24, 2.45) is 0 Å². The van der Waals surface area contributed by atoms with Crippen LogP contribution in [0.1, 0.15) is 13.8 Å². The molecule has 0 unspecified atom stereocenters. The topological polar surface area (TPSA) is 49.8 Å². The third kappa shape index (κ3) is 4.29. The molecule has 0 heterocycles. The van der Waals surface area contributed by atoms with E-state index in [1.807, 2.05) is 13.8 Å². The largest absolute Gasteiger partial charge is 0.480 e. The van der Waals surface area contributed by atoms with Crippen molar-refractivity contribution in [3.05, 3.63) is 0 Å². The van der Waals surface area contributed by atoms with E-state index in [-0.39, 0.29) is 6.54 Å². The maximum atomic E-state index is 10.1. The van der Waals surface area contributed by atoms with Gasteiger partial charge in [0.15, 0.2) is 0 Å². The number of hydroxylamine groups is 2. The molecular formula is C6H13NO3. The number of carbonyl (C=O) groups is 1. The van der Waals surface area contributed by atoms with E-state index >= 15 is 0 Å². The predicted octanol–water partition coefficient (Wildman–Crippen LogP) is 0.344. The van der Waals surface area contributed by atoms with Gasteiger partial charge in [0.25, 0.3) is 0 Å². The first-order valence-corrected chi connectivity index (χ1v) is 3.30. The first kappa shape index (κ1) is 9.39. The van der Waals surface area contributed by atoms with Crippen LogP contribution in [0.2, 0.25) is 0 Å². The molecule has 0 radical (unpaired) electrons. The lowest BCUT2D eigenvalue weighted by molar-refractivity contribution is -0.172. The van der Waals surface area contributed by atoms with Gasteiger partial charge in [-0.15, -0.1) is 0 Å². The van der Waals surface area contributed by atoms with Gasteiger partial charge in [0.1, 0.15) is 6.54 Å². The van der Waals surface area contributed by atoms with Crippen molar-refractivity contribution in [3.63, 3.8) is 0 Å². The molecule has 0 saturated heterocycles. The van der Waals surface area contributed by atoms with E-state index in [0.717, 1.165) is 0 Å². The van der Waals surface area contributed by atoms with Gasteiger partial charge in [-0.2, -0.15) is 5.06 Å². The van der Waals surface area contributed by atoms with Crippen LogP contribution >= 0.6 is 0 Å². The Balaban J connectivity index is 3.49. The minimum absolute atomic E-state index is 0.0513. The highest BCUT2D eigenvalue weighted by atomic mass is 16.7. The molecule has 0 aromatic carbocycles. The molecule has 0 spiro atoms. The number of carboxylic acid groups (broad SMARTS) is 1. The quantitative estimate of drug-likeness (QED) is 0.570. The van der Waals surface area contributed by atoms with E-state index < -0.39 is 5.97 Å². The highest BCUT2D eigenvalue weighted by Crippen LogP contribution is 1.87. The fraction of sp³-hybridized carbons (Fsp3) is 0.833. The van der Waals surface area contributed by atoms with Crippen molar-refractivity contribution >= 4 is 5.97 Å². The lowest BCUT2D eigenvalue weighted by atomic mass is 10.6. The van der Waals surface area contributed by atoms with Crippen LogP contribution in [0.25, 0.3) is 0 Å². The number of nitrogens with zero attached hydrogens (tertiary/aromatic N) is 1. The summed E-state index contributed by atoms with van der Waals surface area (Å²) >= 11 is 0. The third-order valence-electron chi connectivity index (χ3n) is 0.976. The fourth-order valence-electron chi connectivity index (χ4n) is 0.582. The Bertz CT molecular complexity index is 105. The van der Waals surface area contributed by atoms with Gasteiger partial charge in [0.05, 0.1) is 6.61 Å². The maximum Gasteiger partial charge on any atom is 0.320 e. The van der Waals surface area contributed by atoms with Gasteiger partial charge >= 0.3 is 5.97 Å². The SMILES string of the molecule is CCON(CC)CC(=O)O. The summed E-state index contributed by atoms with van der Waals surface area (Å²) in [7, 11) is 0. The molecule has 0 fully saturated rings. The second-order valence-corrected chi connectivity index (χ2v) is 1.77. The van der Waals surface area contributed by atoms with Crippen molar-refractivity contribution in [2.75, 3.05) is 19.7 Å². The van der Waals surface area contributed by atoms with Crippen molar-refractivity contribution in [3.8, 4) is 0 Å². The predicted molar refractivity (Wildman–Crippen MR) is 36.5 cm³/mol. The van der Waals surface area contributed by atoms with E-state index in [1.54, 1.807) is 0 Å². The second-order valence-electron chi connectivity index (χ2n) is 1.77. The summed E-state index contributed by atoms with van der Waals surface area (Å²) in [6, 6.07) is 0. The van der Waals surface area contributed by atoms with Crippen LogP contribution in [0.5, 0.6) is 0 Å². The summed E-state index contributed by atoms with van der Waals surface area (Å²) in [4.78, 5) is 15.1. The fourth-order valence-corrected chi connectivity index (χ4v) is 0.582. The Morgan fingerprint density at radius 3 is 2.50 bits per heavy atom. The standard InChI is InChI=1S/C6H13NO3/c1-3-7(10-4-2)5-6(8)9/h3-5H2,1-2H3,(H,8,9). The molecule has 4 heteroatoms. The number of likely N-dealkylation sites (N-methyl/N-ethyl adjacent to an activating group) is 1. The minimum Gasteiger partial charge on any atom is -0.480 e. The minimum atomic E-state index is -0.865. The molecule has 60 valence electrons. The molecule has 0 aliphatic rings. The Morgan fingerprint density at radius 1 is 1.60 bits per heavy atom. The van der Waals surface area contributed by atoms with Gasteiger partial charge in [-0.1, -0.05) is 6.92 Å². The summed E-state index contributed by atoms with van der Waals surface area (Å²) in [5.41, 5.74) is 0. The number of hydrogen-bond acceptors (Lipinski definition) is 3. The van der Waals surface area contributed by atoms with Gasteiger partial charge in [-0.3, -0.25) is 9.63 Å². The molecule has 0 aliphatic carbocycles. The molecule has 0 atom stereocenters. The lowest BCUT2D eigenvalue weighted by Crippen LogP contribution is -2.29. The summed E-state index contributed by atoms with van der Waals surface area (Å²) < 4.78 is 0. The average molecular weight is 147 g/mol. The van der Waals surface area contributed by atoms with Crippen molar-refractivity contribution in [1.82, 2.24) is 5.06 Å². The average Bonchev–Trinajstić information content (AvgIpc) is 1.86. The summed E-state index contributed by atoms with van der Waals surface area (Å²) in [6.07, 6.45) is 0. The van der Waals surface area contributed by atoms with Gasteiger partial charge in [-0.05, 0) is 6.92 Å².